The zero-order valence-corrected chi connectivity index (χ0v) is 12.0. The van der Waals surface area contributed by atoms with Crippen molar-refractivity contribution in [2.75, 3.05) is 5.32 Å². The molecule has 0 atom stereocenters. The first kappa shape index (κ1) is 13.1. The number of nitrogens with one attached hydrogen (secondary N) is 1. The number of hydrogen-bond acceptors (Lipinski definition) is 2. The number of aromatic nitrogens is 2. The Labute approximate surface area is 118 Å². The lowest BCUT2D eigenvalue weighted by Crippen LogP contribution is -2.13. The van der Waals surface area contributed by atoms with Crippen LogP contribution in [0.1, 0.15) is 17.4 Å². The van der Waals surface area contributed by atoms with Gasteiger partial charge in [-0.3, -0.25) is 9.48 Å². The summed E-state index contributed by atoms with van der Waals surface area (Å²) in [5.41, 5.74) is 0.926. The van der Waals surface area contributed by atoms with Crippen molar-refractivity contribution >= 4 is 39.1 Å². The lowest BCUT2D eigenvalue weighted by atomic mass is 10.3. The van der Waals surface area contributed by atoms with Crippen molar-refractivity contribution in [2.45, 2.75) is 13.5 Å². The predicted molar refractivity (Wildman–Crippen MR) is 75.0 cm³/mol. The number of carbonyl (C=O) groups is 1. The van der Waals surface area contributed by atoms with Gasteiger partial charge in [0.25, 0.3) is 5.91 Å². The van der Waals surface area contributed by atoms with Gasteiger partial charge in [0, 0.05) is 22.9 Å². The highest BCUT2D eigenvalue weighted by Crippen LogP contribution is 2.19. The van der Waals surface area contributed by atoms with Gasteiger partial charge < -0.3 is 5.32 Å². The van der Waals surface area contributed by atoms with E-state index in [-0.39, 0.29) is 11.6 Å². The van der Waals surface area contributed by atoms with E-state index in [2.05, 4.69) is 26.3 Å². The Morgan fingerprint density at radius 3 is 2.94 bits per heavy atom. The van der Waals surface area contributed by atoms with Gasteiger partial charge in [-0.05, 0) is 25.1 Å². The maximum Gasteiger partial charge on any atom is 0.277 e. The summed E-state index contributed by atoms with van der Waals surface area (Å²) in [4.78, 5) is 12.0. The minimum atomic E-state index is -0.315. The van der Waals surface area contributed by atoms with Gasteiger partial charge in [-0.15, -0.1) is 0 Å². The van der Waals surface area contributed by atoms with E-state index in [1.807, 2.05) is 25.1 Å². The molecule has 0 spiro atoms. The van der Waals surface area contributed by atoms with Crippen LogP contribution in [-0.2, 0) is 6.54 Å². The van der Waals surface area contributed by atoms with E-state index in [0.29, 0.717) is 17.3 Å². The van der Waals surface area contributed by atoms with E-state index in [0.717, 1.165) is 4.47 Å². The first-order valence-corrected chi connectivity index (χ1v) is 6.57. The summed E-state index contributed by atoms with van der Waals surface area (Å²) >= 11 is 9.30. The molecule has 4 nitrogen and oxygen atoms in total. The summed E-state index contributed by atoms with van der Waals surface area (Å²) in [6.07, 6.45) is 1.64. The molecule has 2 aromatic rings. The topological polar surface area (TPSA) is 46.9 Å². The minimum absolute atomic E-state index is 0.235. The van der Waals surface area contributed by atoms with Crippen molar-refractivity contribution in [3.8, 4) is 0 Å². The van der Waals surface area contributed by atoms with Crippen molar-refractivity contribution in [3.05, 3.63) is 45.7 Å². The Morgan fingerprint density at radius 2 is 2.33 bits per heavy atom. The third-order valence-corrected chi connectivity index (χ3v) is 3.11. The lowest BCUT2D eigenvalue weighted by molar-refractivity contribution is 0.102. The van der Waals surface area contributed by atoms with Crippen LogP contribution in [0.5, 0.6) is 0 Å². The molecule has 0 fully saturated rings. The predicted octanol–water partition coefficient (Wildman–Crippen LogP) is 3.57. The first-order chi connectivity index (χ1) is 8.60. The molecule has 0 bridgehead atoms. The molecule has 6 heteroatoms. The maximum absolute atomic E-state index is 12.0. The molecule has 0 saturated carbocycles. The van der Waals surface area contributed by atoms with Crippen LogP contribution < -0.4 is 5.32 Å². The molecule has 1 N–H and O–H groups in total. The van der Waals surface area contributed by atoms with Crippen LogP contribution in [0.4, 0.5) is 5.69 Å². The molecule has 0 aliphatic rings. The molecule has 0 aliphatic heterocycles. The number of rotatable bonds is 3. The SMILES string of the molecule is CCn1cc(Cl)c(C(=O)Nc2cccc(Br)c2)n1. The van der Waals surface area contributed by atoms with E-state index < -0.39 is 0 Å². The standard InChI is InChI=1S/C12H11BrClN3O/c1-2-17-7-10(14)11(16-17)12(18)15-9-5-3-4-8(13)6-9/h3-7H,2H2,1H3,(H,15,18). The Hall–Kier alpha value is -1.33. The van der Waals surface area contributed by atoms with Crippen LogP contribution in [-0.4, -0.2) is 15.7 Å². The van der Waals surface area contributed by atoms with E-state index >= 15 is 0 Å². The molecule has 0 saturated heterocycles. The highest BCUT2D eigenvalue weighted by atomic mass is 79.9. The van der Waals surface area contributed by atoms with E-state index in [1.165, 1.54) is 0 Å². The lowest BCUT2D eigenvalue weighted by Gasteiger charge is -2.03. The van der Waals surface area contributed by atoms with Gasteiger partial charge in [0.15, 0.2) is 5.69 Å². The number of hydrogen-bond donors (Lipinski definition) is 1. The Kier molecular flexibility index (Phi) is 4.04. The normalized spacial score (nSPS) is 10.4. The molecule has 0 unspecified atom stereocenters. The first-order valence-electron chi connectivity index (χ1n) is 5.40. The van der Waals surface area contributed by atoms with Gasteiger partial charge in [0.05, 0.1) is 5.02 Å². The van der Waals surface area contributed by atoms with Crippen LogP contribution in [0.3, 0.4) is 0 Å². The van der Waals surface area contributed by atoms with E-state index in [4.69, 9.17) is 11.6 Å². The fourth-order valence-electron chi connectivity index (χ4n) is 1.47. The molecule has 1 heterocycles. The zero-order valence-electron chi connectivity index (χ0n) is 9.65. The van der Waals surface area contributed by atoms with Crippen molar-refractivity contribution < 1.29 is 4.79 Å². The van der Waals surface area contributed by atoms with Gasteiger partial charge in [-0.1, -0.05) is 33.6 Å². The number of anilines is 1. The average molecular weight is 329 g/mol. The second kappa shape index (κ2) is 5.54. The Morgan fingerprint density at radius 1 is 1.56 bits per heavy atom. The second-order valence-corrected chi connectivity index (χ2v) is 4.97. The van der Waals surface area contributed by atoms with Gasteiger partial charge in [-0.25, -0.2) is 0 Å². The van der Waals surface area contributed by atoms with Crippen LogP contribution in [0, 0.1) is 0 Å². The van der Waals surface area contributed by atoms with Gasteiger partial charge in [0.1, 0.15) is 0 Å². The third-order valence-electron chi connectivity index (χ3n) is 2.34. The van der Waals surface area contributed by atoms with Gasteiger partial charge in [0.2, 0.25) is 0 Å². The summed E-state index contributed by atoms with van der Waals surface area (Å²) in [6.45, 7) is 2.60. The quantitative estimate of drug-likeness (QED) is 0.936. The Balaban J connectivity index is 2.19. The number of nitrogens with zero attached hydrogens (tertiary/aromatic N) is 2. The molecule has 1 aromatic heterocycles. The summed E-state index contributed by atoms with van der Waals surface area (Å²) in [5, 5.41) is 7.21. The zero-order chi connectivity index (χ0) is 13.1. The van der Waals surface area contributed by atoms with Crippen LogP contribution in [0.15, 0.2) is 34.9 Å². The summed E-state index contributed by atoms with van der Waals surface area (Å²) in [7, 11) is 0. The van der Waals surface area contributed by atoms with Crippen molar-refractivity contribution in [3.63, 3.8) is 0 Å². The fourth-order valence-corrected chi connectivity index (χ4v) is 2.10. The molecular formula is C12H11BrClN3O. The molecule has 94 valence electrons. The summed E-state index contributed by atoms with van der Waals surface area (Å²) < 4.78 is 2.52. The highest BCUT2D eigenvalue weighted by molar-refractivity contribution is 9.10. The van der Waals surface area contributed by atoms with E-state index in [9.17, 15) is 4.79 Å². The minimum Gasteiger partial charge on any atom is -0.321 e. The number of amides is 1. The maximum atomic E-state index is 12.0. The molecular weight excluding hydrogens is 318 g/mol. The molecule has 18 heavy (non-hydrogen) atoms. The Bertz CT molecular complexity index is 582. The van der Waals surface area contributed by atoms with Gasteiger partial charge in [-0.2, -0.15) is 5.10 Å². The van der Waals surface area contributed by atoms with Crippen molar-refractivity contribution in [1.29, 1.82) is 0 Å². The average Bonchev–Trinajstić information content (AvgIpc) is 2.70. The monoisotopic (exact) mass is 327 g/mol. The third kappa shape index (κ3) is 2.91. The second-order valence-electron chi connectivity index (χ2n) is 3.65. The van der Waals surface area contributed by atoms with Crippen molar-refractivity contribution in [1.82, 2.24) is 9.78 Å². The van der Waals surface area contributed by atoms with E-state index in [1.54, 1.807) is 16.9 Å². The smallest absolute Gasteiger partial charge is 0.277 e. The highest BCUT2D eigenvalue weighted by Gasteiger charge is 2.15. The molecule has 2 rings (SSSR count). The summed E-state index contributed by atoms with van der Waals surface area (Å²) in [6, 6.07) is 7.33. The number of carbonyl (C=O) groups excluding carboxylic acids is 1. The van der Waals surface area contributed by atoms with Crippen LogP contribution in [0.2, 0.25) is 5.02 Å². The number of aryl methyl sites for hydroxylation is 1. The van der Waals surface area contributed by atoms with Crippen LogP contribution >= 0.6 is 27.5 Å². The molecule has 0 radical (unpaired) electrons. The fraction of sp³-hybridized carbons (Fsp3) is 0.167. The molecule has 0 aliphatic carbocycles. The molecule has 1 amide bonds. The summed E-state index contributed by atoms with van der Waals surface area (Å²) in [5.74, 6) is -0.315. The van der Waals surface area contributed by atoms with Crippen LogP contribution in [0.25, 0.3) is 0 Å². The van der Waals surface area contributed by atoms with Gasteiger partial charge >= 0.3 is 0 Å². The largest absolute Gasteiger partial charge is 0.321 e. The van der Waals surface area contributed by atoms with Crippen molar-refractivity contribution in [2.24, 2.45) is 0 Å². The number of halogens is 2. The number of benzene rings is 1. The molecule has 1 aromatic carbocycles.